The van der Waals surface area contributed by atoms with Gasteiger partial charge in [0.2, 0.25) is 5.91 Å². The lowest BCUT2D eigenvalue weighted by molar-refractivity contribution is -0.121. The van der Waals surface area contributed by atoms with Crippen LogP contribution in [-0.2, 0) is 24.3 Å². The predicted octanol–water partition coefficient (Wildman–Crippen LogP) is 2.25. The lowest BCUT2D eigenvalue weighted by atomic mass is 9.95. The fraction of sp³-hybridized carbons (Fsp3) is 0.667. The van der Waals surface area contributed by atoms with E-state index in [1.165, 1.54) is 29.8 Å². The van der Waals surface area contributed by atoms with E-state index >= 15 is 0 Å². The third kappa shape index (κ3) is 4.45. The van der Waals surface area contributed by atoms with Crippen molar-refractivity contribution in [1.82, 2.24) is 24.4 Å². The van der Waals surface area contributed by atoms with Crippen LogP contribution in [0.25, 0.3) is 11.0 Å². The minimum atomic E-state index is -0.448. The summed E-state index contributed by atoms with van der Waals surface area (Å²) in [6.07, 6.45) is 5.53. The molecule has 1 atom stereocenters. The molecule has 8 nitrogen and oxygen atoms in total. The average Bonchev–Trinajstić information content (AvgIpc) is 2.70. The van der Waals surface area contributed by atoms with Gasteiger partial charge in [0.25, 0.3) is 5.56 Å². The third-order valence-electron chi connectivity index (χ3n) is 5.55. The maximum Gasteiger partial charge on any atom is 0.332 e. The maximum atomic E-state index is 12.9. The number of fused-ring (bicyclic) bond motifs is 1. The standard InChI is InChI=1S/C21H31N5O3S/c1-12(16(27)22-13-10-8-7-9-11-13)30-17-14-15(23-19(24-17)21(2,3)4)25(5)20(29)26(6)18(14)28/h12-13H,7-11H2,1-6H3,(H,22,27). The van der Waals surface area contributed by atoms with Crippen LogP contribution in [-0.4, -0.2) is 36.3 Å². The fourth-order valence-corrected chi connectivity index (χ4v) is 4.58. The molecule has 1 aliphatic carbocycles. The fourth-order valence-electron chi connectivity index (χ4n) is 3.64. The summed E-state index contributed by atoms with van der Waals surface area (Å²) in [5.74, 6) is 0.471. The molecular weight excluding hydrogens is 402 g/mol. The highest BCUT2D eigenvalue weighted by Gasteiger charge is 2.27. The van der Waals surface area contributed by atoms with Crippen molar-refractivity contribution in [3.63, 3.8) is 0 Å². The van der Waals surface area contributed by atoms with E-state index in [0.29, 0.717) is 16.5 Å². The predicted molar refractivity (Wildman–Crippen MR) is 119 cm³/mol. The first kappa shape index (κ1) is 22.5. The Morgan fingerprint density at radius 3 is 2.33 bits per heavy atom. The summed E-state index contributed by atoms with van der Waals surface area (Å²) in [6.45, 7) is 7.74. The molecule has 1 amide bonds. The lowest BCUT2D eigenvalue weighted by Gasteiger charge is -2.24. The topological polar surface area (TPSA) is 98.9 Å². The van der Waals surface area contributed by atoms with Crippen LogP contribution in [0.1, 0.15) is 65.6 Å². The maximum absolute atomic E-state index is 12.9. The SMILES string of the molecule is CC(Sc1nc(C(C)(C)C)nc2c1c(=O)n(C)c(=O)n2C)C(=O)NC1CCCCC1. The highest BCUT2D eigenvalue weighted by Crippen LogP contribution is 2.30. The first-order chi connectivity index (χ1) is 14.0. The quantitative estimate of drug-likeness (QED) is 0.587. The Morgan fingerprint density at radius 1 is 1.10 bits per heavy atom. The lowest BCUT2D eigenvalue weighted by Crippen LogP contribution is -2.40. The Morgan fingerprint density at radius 2 is 1.73 bits per heavy atom. The molecule has 0 radical (unpaired) electrons. The molecule has 0 aromatic carbocycles. The second kappa shape index (κ2) is 8.53. The number of carbonyl (C=O) groups is 1. The van der Waals surface area contributed by atoms with E-state index in [2.05, 4.69) is 15.3 Å². The number of amides is 1. The molecule has 1 aliphatic rings. The van der Waals surface area contributed by atoms with Crippen LogP contribution in [0.4, 0.5) is 0 Å². The minimum Gasteiger partial charge on any atom is -0.352 e. The van der Waals surface area contributed by atoms with Crippen molar-refractivity contribution in [3.8, 4) is 0 Å². The van der Waals surface area contributed by atoms with Crippen LogP contribution in [0.2, 0.25) is 0 Å². The van der Waals surface area contributed by atoms with Crippen LogP contribution >= 0.6 is 11.8 Å². The zero-order chi connectivity index (χ0) is 22.2. The summed E-state index contributed by atoms with van der Waals surface area (Å²) in [4.78, 5) is 47.3. The van der Waals surface area contributed by atoms with E-state index in [9.17, 15) is 14.4 Å². The summed E-state index contributed by atoms with van der Waals surface area (Å²) in [7, 11) is 3.03. The highest BCUT2D eigenvalue weighted by atomic mass is 32.2. The van der Waals surface area contributed by atoms with Crippen LogP contribution in [0.5, 0.6) is 0 Å². The number of carbonyl (C=O) groups excluding carboxylic acids is 1. The Hall–Kier alpha value is -2.16. The normalized spacial score (nSPS) is 16.6. The van der Waals surface area contributed by atoms with E-state index in [4.69, 9.17) is 0 Å². The summed E-state index contributed by atoms with van der Waals surface area (Å²) < 4.78 is 2.42. The molecular formula is C21H31N5O3S. The molecule has 2 heterocycles. The van der Waals surface area contributed by atoms with E-state index < -0.39 is 16.5 Å². The van der Waals surface area contributed by atoms with Gasteiger partial charge in [-0.1, -0.05) is 51.8 Å². The Bertz CT molecular complexity index is 1080. The minimum absolute atomic E-state index is 0.0578. The zero-order valence-electron chi connectivity index (χ0n) is 18.6. The van der Waals surface area contributed by atoms with Crippen LogP contribution in [0.3, 0.4) is 0 Å². The van der Waals surface area contributed by atoms with Crippen molar-refractivity contribution < 1.29 is 4.79 Å². The molecule has 0 saturated heterocycles. The van der Waals surface area contributed by atoms with Crippen molar-refractivity contribution in [2.45, 2.75) is 81.5 Å². The van der Waals surface area contributed by atoms with E-state index in [0.717, 1.165) is 30.3 Å². The Balaban J connectivity index is 2.04. The molecule has 9 heteroatoms. The van der Waals surface area contributed by atoms with Crippen LogP contribution in [0.15, 0.2) is 14.6 Å². The number of thioether (sulfide) groups is 1. The molecule has 0 bridgehead atoms. The van der Waals surface area contributed by atoms with Crippen molar-refractivity contribution in [2.75, 3.05) is 0 Å². The first-order valence-electron chi connectivity index (χ1n) is 10.5. The number of aromatic nitrogens is 4. The molecule has 30 heavy (non-hydrogen) atoms. The second-order valence-electron chi connectivity index (χ2n) is 9.11. The molecule has 1 saturated carbocycles. The van der Waals surface area contributed by atoms with Gasteiger partial charge in [0.05, 0.1) is 5.25 Å². The average molecular weight is 434 g/mol. The number of rotatable bonds is 4. The van der Waals surface area contributed by atoms with E-state index in [1.54, 1.807) is 7.05 Å². The summed E-state index contributed by atoms with van der Waals surface area (Å²) >= 11 is 1.25. The third-order valence-corrected chi connectivity index (χ3v) is 6.63. The highest BCUT2D eigenvalue weighted by molar-refractivity contribution is 8.00. The Kier molecular flexibility index (Phi) is 6.40. The molecule has 1 fully saturated rings. The monoisotopic (exact) mass is 433 g/mol. The van der Waals surface area contributed by atoms with E-state index in [1.807, 2.05) is 27.7 Å². The van der Waals surface area contributed by atoms with Crippen molar-refractivity contribution in [2.24, 2.45) is 14.1 Å². The molecule has 0 aliphatic heterocycles. The van der Waals surface area contributed by atoms with Gasteiger partial charge in [0.15, 0.2) is 5.65 Å². The second-order valence-corrected chi connectivity index (χ2v) is 10.4. The van der Waals surface area contributed by atoms with Gasteiger partial charge in [-0.05, 0) is 19.8 Å². The Labute approximate surface area is 180 Å². The molecule has 2 aromatic heterocycles. The first-order valence-corrected chi connectivity index (χ1v) is 11.3. The molecule has 0 spiro atoms. The number of nitrogens with zero attached hydrogens (tertiary/aromatic N) is 4. The zero-order valence-corrected chi connectivity index (χ0v) is 19.4. The van der Waals surface area contributed by atoms with Crippen molar-refractivity contribution in [3.05, 3.63) is 26.7 Å². The van der Waals surface area contributed by atoms with Gasteiger partial charge >= 0.3 is 5.69 Å². The number of hydrogen-bond acceptors (Lipinski definition) is 6. The van der Waals surface area contributed by atoms with Gasteiger partial charge in [-0.2, -0.15) is 0 Å². The molecule has 1 unspecified atom stereocenters. The molecule has 2 aromatic rings. The van der Waals surface area contributed by atoms with Crippen molar-refractivity contribution in [1.29, 1.82) is 0 Å². The number of hydrogen-bond donors (Lipinski definition) is 1. The van der Waals surface area contributed by atoms with Gasteiger partial charge in [0, 0.05) is 25.6 Å². The molecule has 1 N–H and O–H groups in total. The van der Waals surface area contributed by atoms with Gasteiger partial charge in [0.1, 0.15) is 16.2 Å². The number of nitrogens with one attached hydrogen (secondary N) is 1. The summed E-state index contributed by atoms with van der Waals surface area (Å²) in [5, 5.41) is 3.42. The number of aryl methyl sites for hydroxylation is 1. The van der Waals surface area contributed by atoms with Gasteiger partial charge in [-0.15, -0.1) is 0 Å². The van der Waals surface area contributed by atoms with Crippen LogP contribution < -0.4 is 16.6 Å². The summed E-state index contributed by atoms with van der Waals surface area (Å²) in [5.41, 5.74) is -0.972. The molecule has 164 valence electrons. The van der Waals surface area contributed by atoms with Gasteiger partial charge < -0.3 is 5.32 Å². The van der Waals surface area contributed by atoms with Crippen LogP contribution in [0, 0.1) is 0 Å². The van der Waals surface area contributed by atoms with Gasteiger partial charge in [-0.3, -0.25) is 18.7 Å². The largest absolute Gasteiger partial charge is 0.352 e. The smallest absolute Gasteiger partial charge is 0.332 e. The van der Waals surface area contributed by atoms with E-state index in [-0.39, 0.29) is 22.8 Å². The van der Waals surface area contributed by atoms with Crippen molar-refractivity contribution >= 4 is 28.7 Å². The van der Waals surface area contributed by atoms with Gasteiger partial charge in [-0.25, -0.2) is 14.8 Å². The molecule has 3 rings (SSSR count). The summed E-state index contributed by atoms with van der Waals surface area (Å²) in [6, 6.07) is 0.218.